The molecule has 114 valence electrons. The van der Waals surface area contributed by atoms with Gasteiger partial charge in [0.05, 0.1) is 36.2 Å². The number of pyridine rings is 1. The van der Waals surface area contributed by atoms with Crippen LogP contribution in [0.4, 0.5) is 0 Å². The lowest BCUT2D eigenvalue weighted by Gasteiger charge is -2.23. The second kappa shape index (κ2) is 8.44. The maximum Gasteiger partial charge on any atom is 0.161 e. The van der Waals surface area contributed by atoms with E-state index in [0.29, 0.717) is 16.7 Å². The Morgan fingerprint density at radius 2 is 2.00 bits per heavy atom. The molecule has 1 N–H and O–H groups in total. The minimum absolute atomic E-state index is 0. The number of hydrogen-bond donors (Lipinski definition) is 1. The van der Waals surface area contributed by atoms with Crippen molar-refractivity contribution in [3.8, 4) is 0 Å². The molecule has 1 aliphatic rings. The van der Waals surface area contributed by atoms with E-state index in [1.807, 2.05) is 12.1 Å². The number of quaternary nitrogens is 1. The summed E-state index contributed by atoms with van der Waals surface area (Å²) in [5, 5.41) is 1.47. The van der Waals surface area contributed by atoms with Gasteiger partial charge in [0.1, 0.15) is 5.15 Å². The normalized spacial score (nSPS) is 18.4. The summed E-state index contributed by atoms with van der Waals surface area (Å²) >= 11 is 7.52. The number of rotatable bonds is 5. The summed E-state index contributed by atoms with van der Waals surface area (Å²) in [6.07, 6.45) is 1.06. The summed E-state index contributed by atoms with van der Waals surface area (Å²) in [5.41, 5.74) is 0. The van der Waals surface area contributed by atoms with Crippen molar-refractivity contribution in [2.75, 3.05) is 36.9 Å². The Labute approximate surface area is 135 Å². The molecule has 0 saturated carbocycles. The summed E-state index contributed by atoms with van der Waals surface area (Å²) < 4.78 is 22.6. The van der Waals surface area contributed by atoms with Crippen LogP contribution in [0.5, 0.6) is 0 Å². The first-order chi connectivity index (χ1) is 9.05. The van der Waals surface area contributed by atoms with Crippen LogP contribution in [0.15, 0.2) is 23.2 Å². The first-order valence-electron chi connectivity index (χ1n) is 6.34. The lowest BCUT2D eigenvalue weighted by Crippen LogP contribution is -3.14. The van der Waals surface area contributed by atoms with Crippen molar-refractivity contribution in [1.29, 1.82) is 0 Å². The smallest absolute Gasteiger partial charge is 0.161 e. The fourth-order valence-corrected chi connectivity index (χ4v) is 4.50. The third kappa shape index (κ3) is 6.18. The summed E-state index contributed by atoms with van der Waals surface area (Å²) in [4.78, 5) is 5.62. The van der Waals surface area contributed by atoms with E-state index in [2.05, 4.69) is 4.98 Å². The van der Waals surface area contributed by atoms with Gasteiger partial charge in [-0.25, -0.2) is 13.4 Å². The second-order valence-electron chi connectivity index (χ2n) is 4.65. The number of thioether (sulfide) groups is 1. The van der Waals surface area contributed by atoms with Crippen LogP contribution < -0.4 is 17.3 Å². The van der Waals surface area contributed by atoms with Crippen molar-refractivity contribution in [3.63, 3.8) is 0 Å². The van der Waals surface area contributed by atoms with Crippen LogP contribution in [0.25, 0.3) is 0 Å². The van der Waals surface area contributed by atoms with Gasteiger partial charge in [-0.3, -0.25) is 0 Å². The van der Waals surface area contributed by atoms with Crippen molar-refractivity contribution in [2.24, 2.45) is 0 Å². The minimum Gasteiger partial charge on any atom is -1.00 e. The highest BCUT2D eigenvalue weighted by molar-refractivity contribution is 7.99. The number of halogens is 2. The van der Waals surface area contributed by atoms with Crippen molar-refractivity contribution >= 4 is 33.2 Å². The molecule has 1 aromatic rings. The topological polar surface area (TPSA) is 51.5 Å². The van der Waals surface area contributed by atoms with E-state index >= 15 is 0 Å². The molecule has 0 unspecified atom stereocenters. The fourth-order valence-electron chi connectivity index (χ4n) is 2.05. The third-order valence-corrected chi connectivity index (χ3v) is 6.03. The molecule has 0 radical (unpaired) electrons. The summed E-state index contributed by atoms with van der Waals surface area (Å²) in [7, 11) is -2.74. The van der Waals surface area contributed by atoms with Gasteiger partial charge in [-0.15, -0.1) is 11.8 Å². The highest BCUT2D eigenvalue weighted by Gasteiger charge is 2.23. The van der Waals surface area contributed by atoms with Gasteiger partial charge in [0, 0.05) is 12.2 Å². The van der Waals surface area contributed by atoms with Crippen molar-refractivity contribution in [3.05, 3.63) is 23.4 Å². The molecule has 0 amide bonds. The number of aromatic nitrogens is 1. The molecule has 8 heteroatoms. The Bertz CT molecular complexity index is 512. The van der Waals surface area contributed by atoms with Crippen LogP contribution in [-0.2, 0) is 9.84 Å². The Hall–Kier alpha value is -0.0100. The monoisotopic (exact) mass is 356 g/mol. The van der Waals surface area contributed by atoms with E-state index in [4.69, 9.17) is 11.6 Å². The van der Waals surface area contributed by atoms with Gasteiger partial charge < -0.3 is 17.3 Å². The molecule has 2 rings (SSSR count). The van der Waals surface area contributed by atoms with E-state index in [-0.39, 0.29) is 12.4 Å². The Balaban J connectivity index is 0.00000200. The van der Waals surface area contributed by atoms with Crippen LogP contribution in [-0.4, -0.2) is 50.3 Å². The Kier molecular flexibility index (Phi) is 7.61. The van der Waals surface area contributed by atoms with Gasteiger partial charge in [-0.2, -0.15) is 0 Å². The average Bonchev–Trinajstić information content (AvgIpc) is 2.36. The molecule has 0 aromatic carbocycles. The molecule has 2 heterocycles. The summed E-state index contributed by atoms with van der Waals surface area (Å²) in [5.74, 6) is 1.67. The van der Waals surface area contributed by atoms with Crippen LogP contribution in [0.3, 0.4) is 0 Å². The van der Waals surface area contributed by atoms with Crippen LogP contribution in [0, 0.1) is 0 Å². The number of sulfone groups is 1. The molecular weight excluding hydrogens is 339 g/mol. The zero-order chi connectivity index (χ0) is 13.7. The second-order valence-corrected chi connectivity index (χ2v) is 8.46. The van der Waals surface area contributed by atoms with Gasteiger partial charge in [0.25, 0.3) is 0 Å². The van der Waals surface area contributed by atoms with E-state index in [1.165, 1.54) is 4.90 Å². The average molecular weight is 357 g/mol. The Morgan fingerprint density at radius 3 is 2.65 bits per heavy atom. The van der Waals surface area contributed by atoms with Gasteiger partial charge in [0.15, 0.2) is 9.84 Å². The van der Waals surface area contributed by atoms with Crippen molar-refractivity contribution in [1.82, 2.24) is 4.98 Å². The van der Waals surface area contributed by atoms with Gasteiger partial charge in [0.2, 0.25) is 0 Å². The lowest BCUT2D eigenvalue weighted by atomic mass is 10.4. The van der Waals surface area contributed by atoms with Crippen LogP contribution in [0.1, 0.15) is 6.42 Å². The maximum atomic E-state index is 11.3. The van der Waals surface area contributed by atoms with Crippen molar-refractivity contribution in [2.45, 2.75) is 11.4 Å². The predicted molar refractivity (Wildman–Crippen MR) is 78.8 cm³/mol. The van der Waals surface area contributed by atoms with Crippen LogP contribution in [0.2, 0.25) is 5.15 Å². The summed E-state index contributed by atoms with van der Waals surface area (Å²) in [6, 6.07) is 5.62. The zero-order valence-electron chi connectivity index (χ0n) is 11.0. The number of nitrogens with zero attached hydrogens (tertiary/aromatic N) is 1. The van der Waals surface area contributed by atoms with E-state index < -0.39 is 9.84 Å². The molecule has 0 atom stereocenters. The Morgan fingerprint density at radius 1 is 1.30 bits per heavy atom. The third-order valence-electron chi connectivity index (χ3n) is 3.15. The predicted octanol–water partition coefficient (Wildman–Crippen LogP) is -2.47. The molecule has 0 aliphatic carbocycles. The largest absolute Gasteiger partial charge is 1.00 e. The molecule has 1 fully saturated rings. The molecule has 0 bridgehead atoms. The SMILES string of the molecule is O=S1(=O)CC[NH+](CCCSc2cccc(Cl)n2)CC1.[Cl-]. The molecule has 1 saturated heterocycles. The fraction of sp³-hybridized carbons (Fsp3) is 0.583. The summed E-state index contributed by atoms with van der Waals surface area (Å²) in [6.45, 7) is 2.54. The van der Waals surface area contributed by atoms with Gasteiger partial charge >= 0.3 is 0 Å². The molecule has 4 nitrogen and oxygen atoms in total. The molecular formula is C12H18Cl2N2O2S2. The van der Waals surface area contributed by atoms with E-state index in [0.717, 1.165) is 36.8 Å². The maximum absolute atomic E-state index is 11.3. The molecule has 0 spiro atoms. The van der Waals surface area contributed by atoms with E-state index in [9.17, 15) is 8.42 Å². The van der Waals surface area contributed by atoms with Crippen LogP contribution >= 0.6 is 23.4 Å². The molecule has 20 heavy (non-hydrogen) atoms. The number of nitrogens with one attached hydrogen (secondary N) is 1. The lowest BCUT2D eigenvalue weighted by molar-refractivity contribution is -0.896. The first-order valence-corrected chi connectivity index (χ1v) is 9.53. The van der Waals surface area contributed by atoms with Crippen molar-refractivity contribution < 1.29 is 25.7 Å². The highest BCUT2D eigenvalue weighted by Crippen LogP contribution is 2.17. The zero-order valence-corrected chi connectivity index (χ0v) is 14.2. The first kappa shape index (κ1) is 18.0. The number of hydrogen-bond acceptors (Lipinski definition) is 4. The quantitative estimate of drug-likeness (QED) is 0.361. The van der Waals surface area contributed by atoms with Gasteiger partial charge in [-0.1, -0.05) is 17.7 Å². The molecule has 1 aliphatic heterocycles. The highest BCUT2D eigenvalue weighted by atomic mass is 35.5. The minimum atomic E-state index is -2.74. The molecule has 1 aromatic heterocycles. The van der Waals surface area contributed by atoms with E-state index in [1.54, 1.807) is 17.8 Å². The van der Waals surface area contributed by atoms with Gasteiger partial charge in [-0.05, 0) is 12.1 Å². The standard InChI is InChI=1S/C12H17ClN2O2S2.ClH/c13-11-3-1-4-12(14-11)18-8-2-5-15-6-9-19(16,17)10-7-15;/h1,3-4H,2,5-10H2;1H.